The van der Waals surface area contributed by atoms with Crippen LogP contribution in [-0.2, 0) is 16.1 Å². The minimum Gasteiger partial charge on any atom is -0.497 e. The molecule has 0 radical (unpaired) electrons. The number of fused-ring (bicyclic) bond motifs is 2. The van der Waals surface area contributed by atoms with Gasteiger partial charge in [0.15, 0.2) is 0 Å². The zero-order valence-electron chi connectivity index (χ0n) is 17.2. The van der Waals surface area contributed by atoms with Crippen LogP contribution in [0.3, 0.4) is 0 Å². The minimum atomic E-state index is -0.501. The average molecular weight is 407 g/mol. The molecule has 156 valence electrons. The molecule has 0 aliphatic carbocycles. The highest BCUT2D eigenvalue weighted by Crippen LogP contribution is 2.34. The van der Waals surface area contributed by atoms with Crippen molar-refractivity contribution in [1.82, 2.24) is 10.2 Å². The Morgan fingerprint density at radius 3 is 2.67 bits per heavy atom. The molecule has 2 aliphatic rings. The lowest BCUT2D eigenvalue weighted by Gasteiger charge is -2.26. The third-order valence-corrected chi connectivity index (χ3v) is 5.75. The first-order valence-electron chi connectivity index (χ1n) is 10.1. The van der Waals surface area contributed by atoms with Gasteiger partial charge in [0.25, 0.3) is 5.91 Å². The van der Waals surface area contributed by atoms with Crippen molar-refractivity contribution < 1.29 is 19.1 Å². The number of amides is 3. The van der Waals surface area contributed by atoms with Gasteiger partial charge < -0.3 is 19.9 Å². The lowest BCUT2D eigenvalue weighted by Crippen LogP contribution is -2.48. The number of nitrogens with one attached hydrogen (secondary N) is 1. The molecule has 1 saturated heterocycles. The second-order valence-corrected chi connectivity index (χ2v) is 7.68. The van der Waals surface area contributed by atoms with Crippen LogP contribution >= 0.6 is 0 Å². The fourth-order valence-corrected chi connectivity index (χ4v) is 4.20. The lowest BCUT2D eigenvalue weighted by molar-refractivity contribution is -0.125. The van der Waals surface area contributed by atoms with Gasteiger partial charge in [0.1, 0.15) is 18.3 Å². The molecule has 0 spiro atoms. The van der Waals surface area contributed by atoms with Gasteiger partial charge in [0, 0.05) is 13.1 Å². The monoisotopic (exact) mass is 407 g/mol. The Morgan fingerprint density at radius 1 is 1.17 bits per heavy atom. The van der Waals surface area contributed by atoms with Crippen LogP contribution in [0.1, 0.15) is 34.3 Å². The SMILES string of the molecule is COc1ccc(CNC(=O)CN2C(=O)C3CCCN3C(=O)c3cccc(C)c32)cc1. The summed E-state index contributed by atoms with van der Waals surface area (Å²) in [7, 11) is 1.60. The molecule has 1 atom stereocenters. The van der Waals surface area contributed by atoms with Gasteiger partial charge in [-0.25, -0.2) is 0 Å². The molecular formula is C23H25N3O4. The molecule has 0 bridgehead atoms. The second-order valence-electron chi connectivity index (χ2n) is 7.68. The Hall–Kier alpha value is -3.35. The summed E-state index contributed by atoms with van der Waals surface area (Å²) >= 11 is 0. The van der Waals surface area contributed by atoms with Crippen LogP contribution in [0.2, 0.25) is 0 Å². The number of nitrogens with zero attached hydrogens (tertiary/aromatic N) is 2. The number of carbonyl (C=O) groups is 3. The maximum atomic E-state index is 13.3. The Kier molecular flexibility index (Phi) is 5.44. The first-order chi connectivity index (χ1) is 14.5. The van der Waals surface area contributed by atoms with E-state index in [2.05, 4.69) is 5.32 Å². The highest BCUT2D eigenvalue weighted by Gasteiger charge is 2.42. The van der Waals surface area contributed by atoms with E-state index >= 15 is 0 Å². The molecule has 1 N–H and O–H groups in total. The van der Waals surface area contributed by atoms with Gasteiger partial charge in [-0.1, -0.05) is 24.3 Å². The van der Waals surface area contributed by atoms with Gasteiger partial charge in [-0.15, -0.1) is 0 Å². The van der Waals surface area contributed by atoms with Crippen LogP contribution in [-0.4, -0.2) is 48.9 Å². The standard InChI is InChI=1S/C23H25N3O4/c1-15-5-3-6-18-21(15)26(23(29)19-7-4-12-25(19)22(18)28)14-20(27)24-13-16-8-10-17(30-2)11-9-16/h3,5-6,8-11,19H,4,7,12-14H2,1-2H3,(H,24,27). The molecule has 2 aromatic rings. The van der Waals surface area contributed by atoms with Crippen molar-refractivity contribution in [3.05, 3.63) is 59.2 Å². The summed E-state index contributed by atoms with van der Waals surface area (Å²) in [4.78, 5) is 42.2. The van der Waals surface area contributed by atoms with Gasteiger partial charge in [-0.05, 0) is 49.1 Å². The molecular weight excluding hydrogens is 382 g/mol. The largest absolute Gasteiger partial charge is 0.497 e. The number of ether oxygens (including phenoxy) is 1. The summed E-state index contributed by atoms with van der Waals surface area (Å²) in [5.74, 6) is 0.157. The first-order valence-corrected chi connectivity index (χ1v) is 10.1. The highest BCUT2D eigenvalue weighted by atomic mass is 16.5. The number of para-hydroxylation sites is 1. The fraction of sp³-hybridized carbons (Fsp3) is 0.348. The smallest absolute Gasteiger partial charge is 0.256 e. The van der Waals surface area contributed by atoms with Crippen molar-refractivity contribution in [1.29, 1.82) is 0 Å². The van der Waals surface area contributed by atoms with Crippen LogP contribution in [0.25, 0.3) is 0 Å². The summed E-state index contributed by atoms with van der Waals surface area (Å²) in [6.45, 7) is 2.66. The van der Waals surface area contributed by atoms with Crippen LogP contribution in [0.15, 0.2) is 42.5 Å². The van der Waals surface area contributed by atoms with E-state index in [1.807, 2.05) is 43.3 Å². The van der Waals surface area contributed by atoms with Gasteiger partial charge in [0.05, 0.1) is 18.4 Å². The van der Waals surface area contributed by atoms with E-state index in [4.69, 9.17) is 4.74 Å². The lowest BCUT2D eigenvalue weighted by atomic mass is 10.1. The summed E-state index contributed by atoms with van der Waals surface area (Å²) in [5, 5.41) is 2.87. The van der Waals surface area contributed by atoms with Crippen molar-refractivity contribution >= 4 is 23.4 Å². The van der Waals surface area contributed by atoms with E-state index in [0.717, 1.165) is 23.3 Å². The Labute approximate surface area is 175 Å². The molecule has 7 heteroatoms. The number of carbonyl (C=O) groups excluding carboxylic acids is 3. The first kappa shape index (κ1) is 19.9. The van der Waals surface area contributed by atoms with E-state index in [1.54, 1.807) is 18.1 Å². The Balaban J connectivity index is 1.55. The minimum absolute atomic E-state index is 0.121. The fourth-order valence-electron chi connectivity index (χ4n) is 4.20. The number of methoxy groups -OCH3 is 1. The van der Waals surface area contributed by atoms with Crippen LogP contribution in [0.5, 0.6) is 5.75 Å². The Morgan fingerprint density at radius 2 is 1.93 bits per heavy atom. The van der Waals surface area contributed by atoms with Gasteiger partial charge >= 0.3 is 0 Å². The molecule has 7 nitrogen and oxygen atoms in total. The maximum absolute atomic E-state index is 13.3. The quantitative estimate of drug-likeness (QED) is 0.825. The molecule has 2 aliphatic heterocycles. The molecule has 0 aromatic heterocycles. The topological polar surface area (TPSA) is 79.0 Å². The second kappa shape index (κ2) is 8.18. The van der Waals surface area contributed by atoms with Gasteiger partial charge in [-0.2, -0.15) is 0 Å². The zero-order valence-corrected chi connectivity index (χ0v) is 17.2. The van der Waals surface area contributed by atoms with E-state index < -0.39 is 6.04 Å². The predicted octanol–water partition coefficient (Wildman–Crippen LogP) is 2.27. The molecule has 0 saturated carbocycles. The van der Waals surface area contributed by atoms with E-state index in [0.29, 0.717) is 30.8 Å². The molecule has 4 rings (SSSR count). The van der Waals surface area contributed by atoms with E-state index in [1.165, 1.54) is 4.90 Å². The third-order valence-electron chi connectivity index (χ3n) is 5.75. The number of aryl methyl sites for hydroxylation is 1. The van der Waals surface area contributed by atoms with Crippen molar-refractivity contribution in [2.75, 3.05) is 25.1 Å². The molecule has 30 heavy (non-hydrogen) atoms. The van der Waals surface area contributed by atoms with E-state index in [-0.39, 0.29) is 24.3 Å². The van der Waals surface area contributed by atoms with Crippen molar-refractivity contribution in [3.8, 4) is 5.75 Å². The van der Waals surface area contributed by atoms with E-state index in [9.17, 15) is 14.4 Å². The predicted molar refractivity (Wildman–Crippen MR) is 112 cm³/mol. The average Bonchev–Trinajstić information content (AvgIpc) is 3.23. The third kappa shape index (κ3) is 3.63. The number of rotatable bonds is 5. The van der Waals surface area contributed by atoms with Crippen LogP contribution in [0.4, 0.5) is 5.69 Å². The van der Waals surface area contributed by atoms with Crippen LogP contribution < -0.4 is 15.0 Å². The molecule has 1 unspecified atom stereocenters. The van der Waals surface area contributed by atoms with Crippen LogP contribution in [0, 0.1) is 6.92 Å². The van der Waals surface area contributed by atoms with Crippen molar-refractivity contribution in [3.63, 3.8) is 0 Å². The van der Waals surface area contributed by atoms with Crippen molar-refractivity contribution in [2.24, 2.45) is 0 Å². The molecule has 1 fully saturated rings. The number of anilines is 1. The van der Waals surface area contributed by atoms with Crippen molar-refractivity contribution in [2.45, 2.75) is 32.4 Å². The normalized spacial score (nSPS) is 18.0. The number of hydrogen-bond acceptors (Lipinski definition) is 4. The van der Waals surface area contributed by atoms with Gasteiger partial charge in [-0.3, -0.25) is 14.4 Å². The maximum Gasteiger partial charge on any atom is 0.256 e. The van der Waals surface area contributed by atoms with Gasteiger partial charge in [0.2, 0.25) is 11.8 Å². The molecule has 3 amide bonds. The summed E-state index contributed by atoms with van der Waals surface area (Å²) in [6.07, 6.45) is 1.42. The molecule has 2 heterocycles. The summed E-state index contributed by atoms with van der Waals surface area (Å²) in [6, 6.07) is 12.3. The molecule has 2 aromatic carbocycles. The zero-order chi connectivity index (χ0) is 21.3. The number of benzene rings is 2. The Bertz CT molecular complexity index is 986. The summed E-state index contributed by atoms with van der Waals surface area (Å²) < 4.78 is 5.14. The summed E-state index contributed by atoms with van der Waals surface area (Å²) in [5.41, 5.74) is 2.76. The number of hydrogen-bond donors (Lipinski definition) is 1. The highest BCUT2D eigenvalue weighted by molar-refractivity contribution is 6.13.